The first-order chi connectivity index (χ1) is 10.9. The lowest BCUT2D eigenvalue weighted by atomic mass is 10.1. The van der Waals surface area contributed by atoms with Crippen molar-refractivity contribution in [3.8, 4) is 0 Å². The smallest absolute Gasteiger partial charge is 0.154 e. The van der Waals surface area contributed by atoms with Gasteiger partial charge in [-0.25, -0.2) is 9.67 Å². The number of nitrogens with zero attached hydrogens (tertiary/aromatic N) is 5. The molecule has 1 aliphatic carbocycles. The lowest BCUT2D eigenvalue weighted by molar-refractivity contribution is 0.533. The van der Waals surface area contributed by atoms with Crippen molar-refractivity contribution < 1.29 is 0 Å². The Morgan fingerprint density at radius 1 is 1.18 bits per heavy atom. The number of aromatic nitrogens is 5. The third-order valence-electron chi connectivity index (χ3n) is 4.43. The molecule has 5 heteroatoms. The zero-order valence-corrected chi connectivity index (χ0v) is 13.4. The van der Waals surface area contributed by atoms with E-state index in [1.54, 1.807) is 12.4 Å². The SMILES string of the molecule is CCCCn1nc(C2CCCC2)nc1CCc1cnccn1. The molecule has 1 saturated carbocycles. The van der Waals surface area contributed by atoms with E-state index in [0.717, 1.165) is 43.1 Å². The third-order valence-corrected chi connectivity index (χ3v) is 4.43. The maximum atomic E-state index is 4.86. The Hall–Kier alpha value is -1.78. The molecule has 0 saturated heterocycles. The Morgan fingerprint density at radius 3 is 2.77 bits per heavy atom. The van der Waals surface area contributed by atoms with Crippen LogP contribution in [0.25, 0.3) is 0 Å². The minimum absolute atomic E-state index is 0.582. The van der Waals surface area contributed by atoms with Crippen molar-refractivity contribution in [1.29, 1.82) is 0 Å². The molecule has 2 heterocycles. The van der Waals surface area contributed by atoms with Crippen LogP contribution in [0.2, 0.25) is 0 Å². The molecule has 0 radical (unpaired) electrons. The highest BCUT2D eigenvalue weighted by atomic mass is 15.3. The van der Waals surface area contributed by atoms with Crippen LogP contribution in [0.15, 0.2) is 18.6 Å². The predicted molar refractivity (Wildman–Crippen MR) is 85.6 cm³/mol. The zero-order chi connectivity index (χ0) is 15.2. The van der Waals surface area contributed by atoms with E-state index in [1.165, 1.54) is 32.1 Å². The summed E-state index contributed by atoms with van der Waals surface area (Å²) in [5.41, 5.74) is 1.02. The van der Waals surface area contributed by atoms with E-state index in [0.29, 0.717) is 5.92 Å². The highest BCUT2D eigenvalue weighted by Gasteiger charge is 2.22. The quantitative estimate of drug-likeness (QED) is 0.787. The number of rotatable bonds is 7. The fourth-order valence-corrected chi connectivity index (χ4v) is 3.12. The average molecular weight is 299 g/mol. The van der Waals surface area contributed by atoms with Crippen molar-refractivity contribution in [2.75, 3.05) is 0 Å². The fourth-order valence-electron chi connectivity index (χ4n) is 3.12. The molecule has 0 aromatic carbocycles. The first kappa shape index (κ1) is 15.1. The monoisotopic (exact) mass is 299 g/mol. The van der Waals surface area contributed by atoms with Gasteiger partial charge in [-0.15, -0.1) is 0 Å². The van der Waals surface area contributed by atoms with Gasteiger partial charge < -0.3 is 0 Å². The second-order valence-electron chi connectivity index (χ2n) is 6.14. The van der Waals surface area contributed by atoms with Gasteiger partial charge in [-0.1, -0.05) is 26.2 Å². The number of aryl methyl sites for hydroxylation is 3. The van der Waals surface area contributed by atoms with E-state index in [2.05, 4.69) is 21.6 Å². The summed E-state index contributed by atoms with van der Waals surface area (Å²) in [5.74, 6) is 2.77. The highest BCUT2D eigenvalue weighted by molar-refractivity contribution is 5.04. The molecule has 1 fully saturated rings. The first-order valence-corrected chi connectivity index (χ1v) is 8.55. The van der Waals surface area contributed by atoms with Crippen LogP contribution in [-0.4, -0.2) is 24.7 Å². The Kier molecular flexibility index (Phi) is 5.14. The summed E-state index contributed by atoms with van der Waals surface area (Å²) in [6, 6.07) is 0. The average Bonchev–Trinajstić information content (AvgIpc) is 3.21. The minimum atomic E-state index is 0.582. The molecule has 0 atom stereocenters. The van der Waals surface area contributed by atoms with Crippen molar-refractivity contribution in [2.24, 2.45) is 0 Å². The van der Waals surface area contributed by atoms with Crippen LogP contribution in [0.5, 0.6) is 0 Å². The summed E-state index contributed by atoms with van der Waals surface area (Å²) in [6.07, 6.45) is 14.6. The normalized spacial score (nSPS) is 15.5. The van der Waals surface area contributed by atoms with Gasteiger partial charge in [0.05, 0.1) is 5.69 Å². The van der Waals surface area contributed by atoms with Crippen molar-refractivity contribution in [2.45, 2.75) is 70.8 Å². The molecule has 2 aromatic heterocycles. The topological polar surface area (TPSA) is 56.5 Å². The molecule has 22 heavy (non-hydrogen) atoms. The van der Waals surface area contributed by atoms with Crippen LogP contribution in [-0.2, 0) is 19.4 Å². The predicted octanol–water partition coefficient (Wildman–Crippen LogP) is 3.31. The molecule has 0 bridgehead atoms. The molecule has 0 aliphatic heterocycles. The maximum absolute atomic E-state index is 4.86. The fraction of sp³-hybridized carbons (Fsp3) is 0.647. The van der Waals surface area contributed by atoms with E-state index in [4.69, 9.17) is 10.1 Å². The van der Waals surface area contributed by atoms with Crippen LogP contribution in [0.4, 0.5) is 0 Å². The molecule has 0 unspecified atom stereocenters. The summed E-state index contributed by atoms with van der Waals surface area (Å²) >= 11 is 0. The second-order valence-corrected chi connectivity index (χ2v) is 6.14. The van der Waals surface area contributed by atoms with Gasteiger partial charge in [0.2, 0.25) is 0 Å². The summed E-state index contributed by atoms with van der Waals surface area (Å²) in [6.45, 7) is 3.19. The standard InChI is InChI=1S/C17H25N5/c1-2-3-12-22-16(9-8-15-13-18-10-11-19-15)20-17(21-22)14-6-4-5-7-14/h10-11,13-14H,2-9,12H2,1H3. The lowest BCUT2D eigenvalue weighted by Crippen LogP contribution is -2.07. The van der Waals surface area contributed by atoms with Crippen LogP contribution in [0, 0.1) is 0 Å². The second kappa shape index (κ2) is 7.47. The van der Waals surface area contributed by atoms with E-state index >= 15 is 0 Å². The molecule has 5 nitrogen and oxygen atoms in total. The Morgan fingerprint density at radius 2 is 2.05 bits per heavy atom. The van der Waals surface area contributed by atoms with Gasteiger partial charge >= 0.3 is 0 Å². The number of hydrogen-bond acceptors (Lipinski definition) is 4. The minimum Gasteiger partial charge on any atom is -0.261 e. The zero-order valence-electron chi connectivity index (χ0n) is 13.4. The molecule has 3 rings (SSSR count). The molecule has 0 amide bonds. The van der Waals surface area contributed by atoms with Crippen LogP contribution < -0.4 is 0 Å². The number of unbranched alkanes of at least 4 members (excludes halogenated alkanes) is 1. The molecular formula is C17H25N5. The van der Waals surface area contributed by atoms with Gasteiger partial charge in [-0.2, -0.15) is 5.10 Å². The summed E-state index contributed by atoms with van der Waals surface area (Å²) in [5, 5.41) is 4.81. The highest BCUT2D eigenvalue weighted by Crippen LogP contribution is 2.32. The summed E-state index contributed by atoms with van der Waals surface area (Å²) in [4.78, 5) is 13.3. The largest absolute Gasteiger partial charge is 0.261 e. The van der Waals surface area contributed by atoms with Crippen molar-refractivity contribution in [3.63, 3.8) is 0 Å². The summed E-state index contributed by atoms with van der Waals surface area (Å²) < 4.78 is 2.13. The van der Waals surface area contributed by atoms with Gasteiger partial charge in [-0.05, 0) is 25.7 Å². The van der Waals surface area contributed by atoms with Gasteiger partial charge in [0, 0.05) is 37.5 Å². The summed E-state index contributed by atoms with van der Waals surface area (Å²) in [7, 11) is 0. The van der Waals surface area contributed by atoms with Crippen LogP contribution in [0.1, 0.15) is 68.7 Å². The van der Waals surface area contributed by atoms with Crippen LogP contribution in [0.3, 0.4) is 0 Å². The Labute approximate surface area is 132 Å². The van der Waals surface area contributed by atoms with Crippen molar-refractivity contribution in [3.05, 3.63) is 35.9 Å². The molecule has 0 N–H and O–H groups in total. The molecule has 0 spiro atoms. The van der Waals surface area contributed by atoms with Gasteiger partial charge in [0.1, 0.15) is 5.82 Å². The van der Waals surface area contributed by atoms with Crippen molar-refractivity contribution >= 4 is 0 Å². The van der Waals surface area contributed by atoms with Gasteiger partial charge in [-0.3, -0.25) is 9.97 Å². The Bertz CT molecular complexity index is 572. The van der Waals surface area contributed by atoms with Gasteiger partial charge in [0.15, 0.2) is 5.82 Å². The third kappa shape index (κ3) is 3.70. The van der Waals surface area contributed by atoms with Crippen LogP contribution >= 0.6 is 0 Å². The van der Waals surface area contributed by atoms with E-state index < -0.39 is 0 Å². The first-order valence-electron chi connectivity index (χ1n) is 8.55. The van der Waals surface area contributed by atoms with E-state index in [-0.39, 0.29) is 0 Å². The molecule has 118 valence electrons. The van der Waals surface area contributed by atoms with Gasteiger partial charge in [0.25, 0.3) is 0 Å². The van der Waals surface area contributed by atoms with E-state index in [1.807, 2.05) is 6.20 Å². The van der Waals surface area contributed by atoms with Crippen molar-refractivity contribution in [1.82, 2.24) is 24.7 Å². The molecule has 1 aliphatic rings. The molecular weight excluding hydrogens is 274 g/mol. The lowest BCUT2D eigenvalue weighted by Gasteiger charge is -2.04. The molecule has 2 aromatic rings. The van der Waals surface area contributed by atoms with E-state index in [9.17, 15) is 0 Å². The Balaban J connectivity index is 1.72. The number of hydrogen-bond donors (Lipinski definition) is 0. The maximum Gasteiger partial charge on any atom is 0.154 e.